The molecule has 0 spiro atoms. The van der Waals surface area contributed by atoms with Gasteiger partial charge in [-0.1, -0.05) is 16.4 Å². The van der Waals surface area contributed by atoms with Crippen LogP contribution < -0.4 is 0 Å². The molecule has 4 heterocycles. The third-order valence-electron chi connectivity index (χ3n) is 3.86. The van der Waals surface area contributed by atoms with Crippen molar-refractivity contribution in [3.63, 3.8) is 0 Å². The van der Waals surface area contributed by atoms with Gasteiger partial charge in [0.1, 0.15) is 5.76 Å². The fourth-order valence-corrected chi connectivity index (χ4v) is 3.33. The molecule has 0 bridgehead atoms. The number of aryl methyl sites for hydroxylation is 1. The van der Waals surface area contributed by atoms with Gasteiger partial charge in [0.05, 0.1) is 4.88 Å². The molecule has 3 aromatic rings. The molecule has 8 heteroatoms. The summed E-state index contributed by atoms with van der Waals surface area (Å²) >= 11 is 1.56. The van der Waals surface area contributed by atoms with E-state index in [-0.39, 0.29) is 11.8 Å². The van der Waals surface area contributed by atoms with Crippen molar-refractivity contribution >= 4 is 17.2 Å². The Labute approximate surface area is 135 Å². The number of likely N-dealkylation sites (tertiary alicyclic amines) is 1. The van der Waals surface area contributed by atoms with Crippen LogP contribution in [-0.2, 0) is 0 Å². The molecular formula is C15H14N4O3S. The fraction of sp³-hybridized carbons (Fsp3) is 0.333. The summed E-state index contributed by atoms with van der Waals surface area (Å²) in [6.07, 6.45) is 0.811. The van der Waals surface area contributed by atoms with Crippen LogP contribution in [-0.4, -0.2) is 39.2 Å². The third-order valence-corrected chi connectivity index (χ3v) is 4.72. The van der Waals surface area contributed by atoms with E-state index in [0.29, 0.717) is 36.3 Å². The number of nitrogens with zero attached hydrogens (tertiary/aromatic N) is 4. The highest BCUT2D eigenvalue weighted by molar-refractivity contribution is 7.13. The summed E-state index contributed by atoms with van der Waals surface area (Å²) in [4.78, 5) is 19.5. The van der Waals surface area contributed by atoms with Crippen LogP contribution in [0.25, 0.3) is 10.8 Å². The summed E-state index contributed by atoms with van der Waals surface area (Å²) in [6, 6.07) is 5.54. The second-order valence-corrected chi connectivity index (χ2v) is 6.44. The minimum atomic E-state index is -0.119. The van der Waals surface area contributed by atoms with Gasteiger partial charge in [0.25, 0.3) is 11.8 Å². The lowest BCUT2D eigenvalue weighted by Gasteiger charge is -2.13. The highest BCUT2D eigenvalue weighted by Crippen LogP contribution is 2.29. The van der Waals surface area contributed by atoms with Crippen LogP contribution in [0.3, 0.4) is 0 Å². The molecule has 0 aliphatic carbocycles. The monoisotopic (exact) mass is 330 g/mol. The number of rotatable bonds is 3. The Kier molecular flexibility index (Phi) is 3.45. The topological polar surface area (TPSA) is 85.3 Å². The first-order valence-electron chi connectivity index (χ1n) is 7.31. The van der Waals surface area contributed by atoms with Crippen molar-refractivity contribution in [3.05, 3.63) is 40.9 Å². The first-order valence-corrected chi connectivity index (χ1v) is 8.19. The van der Waals surface area contributed by atoms with Crippen LogP contribution in [0.1, 0.15) is 34.4 Å². The Bertz CT molecular complexity index is 824. The Morgan fingerprint density at radius 2 is 2.30 bits per heavy atom. The van der Waals surface area contributed by atoms with Gasteiger partial charge in [-0.3, -0.25) is 4.79 Å². The average Bonchev–Trinajstić information content (AvgIpc) is 3.30. The summed E-state index contributed by atoms with van der Waals surface area (Å²) in [5, 5.41) is 9.82. The number of aromatic nitrogens is 3. The molecule has 4 rings (SSSR count). The summed E-state index contributed by atoms with van der Waals surface area (Å²) in [7, 11) is 0. The molecule has 0 N–H and O–H groups in total. The predicted octanol–water partition coefficient (Wildman–Crippen LogP) is 2.72. The maximum atomic E-state index is 12.4. The molecule has 1 fully saturated rings. The summed E-state index contributed by atoms with van der Waals surface area (Å²) < 4.78 is 10.3. The Morgan fingerprint density at radius 1 is 1.39 bits per heavy atom. The maximum absolute atomic E-state index is 12.4. The van der Waals surface area contributed by atoms with E-state index in [1.165, 1.54) is 0 Å². The average molecular weight is 330 g/mol. The molecule has 0 aromatic carbocycles. The van der Waals surface area contributed by atoms with Gasteiger partial charge in [-0.25, -0.2) is 0 Å². The maximum Gasteiger partial charge on any atom is 0.276 e. The number of carbonyl (C=O) groups excluding carboxylic acids is 1. The third kappa shape index (κ3) is 2.65. The lowest BCUT2D eigenvalue weighted by atomic mass is 10.1. The van der Waals surface area contributed by atoms with Crippen molar-refractivity contribution in [2.24, 2.45) is 0 Å². The summed E-state index contributed by atoms with van der Waals surface area (Å²) in [5.74, 6) is 1.78. The van der Waals surface area contributed by atoms with Gasteiger partial charge in [0.15, 0.2) is 11.5 Å². The highest BCUT2D eigenvalue weighted by atomic mass is 32.1. The fourth-order valence-electron chi connectivity index (χ4n) is 2.69. The van der Waals surface area contributed by atoms with E-state index < -0.39 is 0 Å². The minimum Gasteiger partial charge on any atom is -0.361 e. The van der Waals surface area contributed by atoms with Crippen molar-refractivity contribution in [3.8, 4) is 10.8 Å². The Hall–Kier alpha value is -2.48. The lowest BCUT2D eigenvalue weighted by Crippen LogP contribution is -2.28. The van der Waals surface area contributed by atoms with E-state index in [1.807, 2.05) is 17.5 Å². The molecule has 1 atom stereocenters. The van der Waals surface area contributed by atoms with Crippen molar-refractivity contribution in [2.75, 3.05) is 13.1 Å². The van der Waals surface area contributed by atoms with Crippen molar-refractivity contribution < 1.29 is 13.8 Å². The molecule has 7 nitrogen and oxygen atoms in total. The normalized spacial score (nSPS) is 17.8. The van der Waals surface area contributed by atoms with Crippen molar-refractivity contribution in [1.82, 2.24) is 20.2 Å². The van der Waals surface area contributed by atoms with Crippen LogP contribution in [0.4, 0.5) is 0 Å². The van der Waals surface area contributed by atoms with Crippen LogP contribution in [0.15, 0.2) is 32.6 Å². The SMILES string of the molecule is Cc1cc(C(=O)N2CC[C@H](c3noc(-c4cccs4)n3)C2)no1. The molecule has 1 aliphatic rings. The highest BCUT2D eigenvalue weighted by Gasteiger charge is 2.32. The number of hydrogen-bond donors (Lipinski definition) is 0. The number of carbonyl (C=O) groups is 1. The van der Waals surface area contributed by atoms with Gasteiger partial charge in [0, 0.05) is 25.1 Å². The standard InChI is InChI=1S/C15H14N4O3S/c1-9-7-11(17-21-9)15(20)19-5-4-10(8-19)13-16-14(22-18-13)12-3-2-6-23-12/h2-3,6-7,10H,4-5,8H2,1H3/t10-/m0/s1. The van der Waals surface area contributed by atoms with Gasteiger partial charge < -0.3 is 13.9 Å². The summed E-state index contributed by atoms with van der Waals surface area (Å²) in [6.45, 7) is 2.98. The van der Waals surface area contributed by atoms with Crippen LogP contribution in [0, 0.1) is 6.92 Å². The van der Waals surface area contributed by atoms with Gasteiger partial charge >= 0.3 is 0 Å². The summed E-state index contributed by atoms with van der Waals surface area (Å²) in [5.41, 5.74) is 0.343. The van der Waals surface area contributed by atoms with Gasteiger partial charge in [-0.05, 0) is 24.8 Å². The quantitative estimate of drug-likeness (QED) is 0.734. The minimum absolute atomic E-state index is 0.0874. The lowest BCUT2D eigenvalue weighted by molar-refractivity contribution is 0.0780. The molecule has 0 radical (unpaired) electrons. The molecule has 1 saturated heterocycles. The second-order valence-electron chi connectivity index (χ2n) is 5.49. The van der Waals surface area contributed by atoms with E-state index in [1.54, 1.807) is 29.2 Å². The first kappa shape index (κ1) is 14.1. The van der Waals surface area contributed by atoms with E-state index >= 15 is 0 Å². The first-order chi connectivity index (χ1) is 11.2. The largest absolute Gasteiger partial charge is 0.361 e. The van der Waals surface area contributed by atoms with Crippen molar-refractivity contribution in [2.45, 2.75) is 19.3 Å². The van der Waals surface area contributed by atoms with E-state index in [9.17, 15) is 4.79 Å². The van der Waals surface area contributed by atoms with Crippen LogP contribution in [0.2, 0.25) is 0 Å². The molecule has 1 amide bonds. The zero-order chi connectivity index (χ0) is 15.8. The molecule has 0 saturated carbocycles. The molecule has 3 aromatic heterocycles. The van der Waals surface area contributed by atoms with E-state index in [4.69, 9.17) is 9.05 Å². The number of thiophene rings is 1. The van der Waals surface area contributed by atoms with E-state index in [0.717, 1.165) is 11.3 Å². The number of hydrogen-bond acceptors (Lipinski definition) is 7. The molecule has 118 valence electrons. The van der Waals surface area contributed by atoms with Crippen LogP contribution >= 0.6 is 11.3 Å². The van der Waals surface area contributed by atoms with Crippen LogP contribution in [0.5, 0.6) is 0 Å². The molecular weight excluding hydrogens is 316 g/mol. The van der Waals surface area contributed by atoms with Gasteiger partial charge in [-0.15, -0.1) is 11.3 Å². The zero-order valence-corrected chi connectivity index (χ0v) is 13.2. The molecule has 0 unspecified atom stereocenters. The number of amides is 1. The second kappa shape index (κ2) is 5.62. The van der Waals surface area contributed by atoms with Crippen molar-refractivity contribution in [1.29, 1.82) is 0 Å². The smallest absolute Gasteiger partial charge is 0.276 e. The van der Waals surface area contributed by atoms with Gasteiger partial charge in [0.2, 0.25) is 0 Å². The van der Waals surface area contributed by atoms with Gasteiger partial charge in [-0.2, -0.15) is 4.98 Å². The Balaban J connectivity index is 1.47. The predicted molar refractivity (Wildman–Crippen MR) is 82.1 cm³/mol. The Morgan fingerprint density at radius 3 is 3.04 bits per heavy atom. The van der Waals surface area contributed by atoms with E-state index in [2.05, 4.69) is 15.3 Å². The molecule has 1 aliphatic heterocycles. The zero-order valence-electron chi connectivity index (χ0n) is 12.4. The molecule has 23 heavy (non-hydrogen) atoms.